The Kier molecular flexibility index (Phi) is 6.50. The summed E-state index contributed by atoms with van der Waals surface area (Å²) in [6.07, 6.45) is 0. The van der Waals surface area contributed by atoms with Crippen molar-refractivity contribution in [1.82, 2.24) is 0 Å². The van der Waals surface area contributed by atoms with Crippen LogP contribution >= 0.6 is 35.4 Å². The second-order valence-corrected chi connectivity index (χ2v) is 4.92. The molecule has 21 heavy (non-hydrogen) atoms. The van der Waals surface area contributed by atoms with Crippen LogP contribution in [0.25, 0.3) is 0 Å². The molecule has 0 fully saturated rings. The molecule has 0 unspecified atom stereocenters. The normalized spacial score (nSPS) is 9.29. The lowest BCUT2D eigenvalue weighted by Crippen LogP contribution is -2.12. The monoisotopic (exact) mass is 344 g/mol. The molecule has 2 aromatic carbocycles. The van der Waals surface area contributed by atoms with Crippen LogP contribution in [0.3, 0.4) is 0 Å². The van der Waals surface area contributed by atoms with Crippen molar-refractivity contribution >= 4 is 40.4 Å². The molecule has 0 aliphatic heterocycles. The van der Waals surface area contributed by atoms with Crippen molar-refractivity contribution in [1.29, 1.82) is 5.26 Å². The Hall–Kier alpha value is -1.74. The van der Waals surface area contributed by atoms with Gasteiger partial charge in [-0.1, -0.05) is 47.6 Å². The molecule has 0 bridgehead atoms. The Labute approximate surface area is 135 Å². The molecule has 2 nitrogen and oxygen atoms in total. The molecular weight excluding hydrogens is 337 g/mol. The maximum Gasteiger partial charge on any atom is 0.142 e. The number of benzene rings is 2. The lowest BCUT2D eigenvalue weighted by Gasteiger charge is -2.01. The predicted octanol–water partition coefficient (Wildman–Crippen LogP) is 4.46. The summed E-state index contributed by atoms with van der Waals surface area (Å²) in [6, 6.07) is 10.1. The number of nitrogens with two attached hydrogens (primary N) is 1. The zero-order valence-corrected chi connectivity index (χ0v) is 12.7. The summed E-state index contributed by atoms with van der Waals surface area (Å²) in [5.74, 6) is -1.06. The lowest BCUT2D eigenvalue weighted by atomic mass is 10.2. The summed E-state index contributed by atoms with van der Waals surface area (Å²) in [7, 11) is 0. The Morgan fingerprint density at radius 3 is 1.90 bits per heavy atom. The Balaban J connectivity index is 0.000000211. The molecule has 0 aliphatic carbocycles. The smallest absolute Gasteiger partial charge is 0.142 e. The van der Waals surface area contributed by atoms with E-state index in [-0.39, 0.29) is 26.2 Å². The second-order valence-electron chi connectivity index (χ2n) is 3.67. The minimum Gasteiger partial charge on any atom is -0.389 e. The average Bonchev–Trinajstić information content (AvgIpc) is 2.39. The Morgan fingerprint density at radius 1 is 1.05 bits per heavy atom. The number of nitrogens with zero attached hydrogens (tertiary/aromatic N) is 1. The van der Waals surface area contributed by atoms with E-state index in [1.165, 1.54) is 30.3 Å². The number of nitriles is 1. The first-order valence-corrected chi connectivity index (χ1v) is 6.62. The number of hydrogen-bond acceptors (Lipinski definition) is 2. The third kappa shape index (κ3) is 4.64. The van der Waals surface area contributed by atoms with Crippen molar-refractivity contribution in [3.8, 4) is 6.07 Å². The highest BCUT2D eigenvalue weighted by atomic mass is 35.5. The van der Waals surface area contributed by atoms with Gasteiger partial charge in [0.2, 0.25) is 0 Å². The van der Waals surface area contributed by atoms with Gasteiger partial charge < -0.3 is 5.73 Å². The molecule has 2 N–H and O–H groups in total. The summed E-state index contributed by atoms with van der Waals surface area (Å²) < 4.78 is 25.4. The van der Waals surface area contributed by atoms with Gasteiger partial charge in [0.05, 0.1) is 15.6 Å². The number of rotatable bonds is 1. The van der Waals surface area contributed by atoms with Crippen LogP contribution in [0.2, 0.25) is 10.0 Å². The van der Waals surface area contributed by atoms with Gasteiger partial charge >= 0.3 is 0 Å². The maximum absolute atomic E-state index is 12.8. The van der Waals surface area contributed by atoms with E-state index in [0.29, 0.717) is 0 Å². The summed E-state index contributed by atoms with van der Waals surface area (Å²) in [5, 5.41) is 8.73. The van der Waals surface area contributed by atoms with Crippen molar-refractivity contribution in [2.45, 2.75) is 0 Å². The molecule has 0 amide bonds. The van der Waals surface area contributed by atoms with Gasteiger partial charge in [0.25, 0.3) is 0 Å². The van der Waals surface area contributed by atoms with Gasteiger partial charge in [-0.05, 0) is 24.3 Å². The first-order chi connectivity index (χ1) is 9.88. The quantitative estimate of drug-likeness (QED) is 0.776. The highest BCUT2D eigenvalue weighted by Crippen LogP contribution is 2.18. The third-order valence-corrected chi connectivity index (χ3v) is 3.12. The lowest BCUT2D eigenvalue weighted by molar-refractivity contribution is 0.624. The van der Waals surface area contributed by atoms with Gasteiger partial charge in [-0.25, -0.2) is 8.78 Å². The highest BCUT2D eigenvalue weighted by Gasteiger charge is 2.08. The SMILES string of the molecule is N#Cc1c(F)cccc1Cl.NC(=S)c1c(F)cccc1Cl. The Bertz CT molecular complexity index is 674. The molecule has 7 heteroatoms. The average molecular weight is 345 g/mol. The van der Waals surface area contributed by atoms with Gasteiger partial charge in [-0.2, -0.15) is 5.26 Å². The summed E-state index contributed by atoms with van der Waals surface area (Å²) in [6.45, 7) is 0. The van der Waals surface area contributed by atoms with E-state index in [9.17, 15) is 8.78 Å². The summed E-state index contributed by atoms with van der Waals surface area (Å²) in [5.41, 5.74) is 5.24. The second kappa shape index (κ2) is 7.89. The summed E-state index contributed by atoms with van der Waals surface area (Å²) >= 11 is 15.7. The van der Waals surface area contributed by atoms with Gasteiger partial charge in [-0.3, -0.25) is 0 Å². The highest BCUT2D eigenvalue weighted by molar-refractivity contribution is 7.80. The maximum atomic E-state index is 12.8. The van der Waals surface area contributed by atoms with Crippen molar-refractivity contribution in [3.05, 3.63) is 69.2 Å². The van der Waals surface area contributed by atoms with Gasteiger partial charge in [0.1, 0.15) is 28.3 Å². The fourth-order valence-electron chi connectivity index (χ4n) is 1.34. The van der Waals surface area contributed by atoms with Gasteiger partial charge in [-0.15, -0.1) is 0 Å². The third-order valence-electron chi connectivity index (χ3n) is 2.28. The molecule has 0 heterocycles. The molecule has 0 aromatic heterocycles. The Morgan fingerprint density at radius 2 is 1.57 bits per heavy atom. The van der Waals surface area contributed by atoms with Crippen LogP contribution in [-0.4, -0.2) is 4.99 Å². The number of halogens is 4. The van der Waals surface area contributed by atoms with E-state index in [2.05, 4.69) is 12.2 Å². The molecule has 2 aromatic rings. The number of thiocarbonyl (C=S) groups is 1. The van der Waals surface area contributed by atoms with Crippen molar-refractivity contribution in [3.63, 3.8) is 0 Å². The minimum atomic E-state index is -0.574. The molecule has 0 saturated carbocycles. The van der Waals surface area contributed by atoms with Crippen LogP contribution < -0.4 is 5.73 Å². The van der Waals surface area contributed by atoms with Gasteiger partial charge in [0, 0.05) is 0 Å². The van der Waals surface area contributed by atoms with Crippen molar-refractivity contribution in [2.24, 2.45) is 5.73 Å². The van der Waals surface area contributed by atoms with Crippen LogP contribution in [0, 0.1) is 23.0 Å². The van der Waals surface area contributed by atoms with E-state index in [1.54, 1.807) is 12.1 Å². The van der Waals surface area contributed by atoms with Crippen molar-refractivity contribution < 1.29 is 8.78 Å². The van der Waals surface area contributed by atoms with Crippen LogP contribution in [-0.2, 0) is 0 Å². The van der Waals surface area contributed by atoms with Crippen LogP contribution in [0.15, 0.2) is 36.4 Å². The van der Waals surface area contributed by atoms with Crippen LogP contribution in [0.5, 0.6) is 0 Å². The largest absolute Gasteiger partial charge is 0.389 e. The molecule has 2 rings (SSSR count). The minimum absolute atomic E-state index is 0.0203. The van der Waals surface area contributed by atoms with Crippen LogP contribution in [0.1, 0.15) is 11.1 Å². The van der Waals surface area contributed by atoms with E-state index in [4.69, 9.17) is 34.2 Å². The molecular formula is C14H8Cl2F2N2S. The molecule has 0 atom stereocenters. The first-order valence-electron chi connectivity index (χ1n) is 5.46. The van der Waals surface area contributed by atoms with Gasteiger partial charge in [0.15, 0.2) is 0 Å². The van der Waals surface area contributed by atoms with E-state index in [0.717, 1.165) is 0 Å². The first kappa shape index (κ1) is 17.3. The zero-order valence-electron chi connectivity index (χ0n) is 10.4. The molecule has 0 spiro atoms. The predicted molar refractivity (Wildman–Crippen MR) is 83.4 cm³/mol. The molecule has 108 valence electrons. The summed E-state index contributed by atoms with van der Waals surface area (Å²) in [4.78, 5) is -0.0203. The standard InChI is InChI=1S/C7H5ClFNS.C7H3ClFN/c8-4-2-1-3-5(9)6(4)7(10)11;8-6-2-1-3-7(9)5(6)4-10/h1-3H,(H2,10,11);1-3H. The molecule has 0 saturated heterocycles. The molecule has 0 radical (unpaired) electrons. The van der Waals surface area contributed by atoms with Crippen molar-refractivity contribution in [2.75, 3.05) is 0 Å². The fraction of sp³-hybridized carbons (Fsp3) is 0. The van der Waals surface area contributed by atoms with E-state index >= 15 is 0 Å². The van der Waals surface area contributed by atoms with E-state index in [1.807, 2.05) is 0 Å². The fourth-order valence-corrected chi connectivity index (χ4v) is 2.07. The zero-order chi connectivity index (χ0) is 16.0. The van der Waals surface area contributed by atoms with Crippen LogP contribution in [0.4, 0.5) is 8.78 Å². The molecule has 0 aliphatic rings. The topological polar surface area (TPSA) is 49.8 Å². The number of hydrogen-bond donors (Lipinski definition) is 1. The van der Waals surface area contributed by atoms with E-state index < -0.39 is 11.6 Å².